The molecule has 0 aromatic heterocycles. The van der Waals surface area contributed by atoms with Gasteiger partial charge in [-0.15, -0.1) is 0 Å². The summed E-state index contributed by atoms with van der Waals surface area (Å²) in [4.78, 5) is 20.9. The highest BCUT2D eigenvalue weighted by Gasteiger charge is 2.44. The van der Waals surface area contributed by atoms with E-state index in [2.05, 4.69) is 0 Å². The third-order valence-corrected chi connectivity index (χ3v) is 2.29. The topological polar surface area (TPSA) is 69.4 Å². The molecular formula is C11H10F3NO4. The summed E-state index contributed by atoms with van der Waals surface area (Å²) >= 11 is 0. The molecule has 0 unspecified atom stereocenters. The van der Waals surface area contributed by atoms with Gasteiger partial charge in [0.05, 0.1) is 11.5 Å². The maximum atomic E-state index is 12.9. The quantitative estimate of drug-likeness (QED) is 0.481. The van der Waals surface area contributed by atoms with Gasteiger partial charge < -0.3 is 4.74 Å². The number of hydrogen-bond donors (Lipinski definition) is 0. The second kappa shape index (κ2) is 5.25. The Balaban J connectivity index is 3.72. The Bertz CT molecular complexity index is 525. The standard InChI is InChI=1S/C11H10F3NO4/c1-3-19-8-5-4-7(6(2)16)9(11(12,13)14)10(8)15(17)18/h4-5H,3H2,1-2H3. The highest BCUT2D eigenvalue weighted by atomic mass is 19.4. The van der Waals surface area contributed by atoms with Crippen molar-refractivity contribution in [1.82, 2.24) is 0 Å². The Morgan fingerprint density at radius 2 is 2.00 bits per heavy atom. The second-order valence-corrected chi connectivity index (χ2v) is 3.58. The third kappa shape index (κ3) is 3.01. The zero-order valence-electron chi connectivity index (χ0n) is 10.1. The van der Waals surface area contributed by atoms with E-state index in [0.717, 1.165) is 19.1 Å². The number of benzene rings is 1. The molecule has 0 fully saturated rings. The summed E-state index contributed by atoms with van der Waals surface area (Å²) in [7, 11) is 0. The van der Waals surface area contributed by atoms with Crippen LogP contribution in [0.4, 0.5) is 18.9 Å². The number of rotatable bonds is 4. The van der Waals surface area contributed by atoms with E-state index < -0.39 is 39.4 Å². The van der Waals surface area contributed by atoms with Crippen molar-refractivity contribution in [3.05, 3.63) is 33.4 Å². The molecule has 0 saturated carbocycles. The molecule has 19 heavy (non-hydrogen) atoms. The molecule has 0 saturated heterocycles. The Labute approximate surface area is 106 Å². The lowest BCUT2D eigenvalue weighted by Crippen LogP contribution is -2.15. The molecule has 1 aromatic rings. The van der Waals surface area contributed by atoms with Crippen molar-refractivity contribution in [3.8, 4) is 5.75 Å². The van der Waals surface area contributed by atoms with Gasteiger partial charge in [0, 0.05) is 5.56 Å². The summed E-state index contributed by atoms with van der Waals surface area (Å²) in [6, 6.07) is 1.87. The monoisotopic (exact) mass is 277 g/mol. The van der Waals surface area contributed by atoms with E-state index in [-0.39, 0.29) is 6.61 Å². The smallest absolute Gasteiger partial charge is 0.423 e. The van der Waals surface area contributed by atoms with E-state index in [1.807, 2.05) is 0 Å². The fraction of sp³-hybridized carbons (Fsp3) is 0.364. The molecule has 1 aromatic carbocycles. The van der Waals surface area contributed by atoms with Crippen LogP contribution in [0.1, 0.15) is 29.8 Å². The van der Waals surface area contributed by atoms with E-state index in [4.69, 9.17) is 4.74 Å². The van der Waals surface area contributed by atoms with Crippen LogP contribution in [0.15, 0.2) is 12.1 Å². The van der Waals surface area contributed by atoms with E-state index in [0.29, 0.717) is 0 Å². The van der Waals surface area contributed by atoms with Crippen molar-refractivity contribution in [3.63, 3.8) is 0 Å². The number of carbonyl (C=O) groups is 1. The number of halogens is 3. The van der Waals surface area contributed by atoms with Crippen molar-refractivity contribution in [2.75, 3.05) is 6.61 Å². The molecule has 0 bridgehead atoms. The van der Waals surface area contributed by atoms with Crippen LogP contribution < -0.4 is 4.74 Å². The van der Waals surface area contributed by atoms with E-state index in [1.165, 1.54) is 6.92 Å². The van der Waals surface area contributed by atoms with Gasteiger partial charge in [0.15, 0.2) is 11.5 Å². The van der Waals surface area contributed by atoms with E-state index in [9.17, 15) is 28.1 Å². The molecule has 0 atom stereocenters. The second-order valence-electron chi connectivity index (χ2n) is 3.58. The van der Waals surface area contributed by atoms with Crippen molar-refractivity contribution in [2.24, 2.45) is 0 Å². The van der Waals surface area contributed by atoms with Gasteiger partial charge in [-0.2, -0.15) is 13.2 Å². The normalized spacial score (nSPS) is 11.2. The van der Waals surface area contributed by atoms with Crippen molar-refractivity contribution < 1.29 is 27.6 Å². The maximum Gasteiger partial charge on any atom is 0.423 e. The largest absolute Gasteiger partial charge is 0.487 e. The van der Waals surface area contributed by atoms with Gasteiger partial charge in [0.1, 0.15) is 5.56 Å². The lowest BCUT2D eigenvalue weighted by molar-refractivity contribution is -0.389. The summed E-state index contributed by atoms with van der Waals surface area (Å²) < 4.78 is 43.6. The van der Waals surface area contributed by atoms with E-state index >= 15 is 0 Å². The summed E-state index contributed by atoms with van der Waals surface area (Å²) in [6.45, 7) is 2.36. The summed E-state index contributed by atoms with van der Waals surface area (Å²) in [5.41, 5.74) is -3.55. The molecule has 0 N–H and O–H groups in total. The minimum atomic E-state index is -5.02. The number of Topliss-reactive ketones (excluding diaryl/α,β-unsaturated/α-hetero) is 1. The maximum absolute atomic E-state index is 12.9. The van der Waals surface area contributed by atoms with Gasteiger partial charge in [-0.3, -0.25) is 14.9 Å². The van der Waals surface area contributed by atoms with Crippen molar-refractivity contribution in [1.29, 1.82) is 0 Å². The predicted octanol–water partition coefficient (Wildman–Crippen LogP) is 3.21. The van der Waals surface area contributed by atoms with Gasteiger partial charge >= 0.3 is 11.9 Å². The fourth-order valence-electron chi connectivity index (χ4n) is 1.61. The van der Waals surface area contributed by atoms with Crippen molar-refractivity contribution in [2.45, 2.75) is 20.0 Å². The van der Waals surface area contributed by atoms with E-state index in [1.54, 1.807) is 0 Å². The summed E-state index contributed by atoms with van der Waals surface area (Å²) in [5, 5.41) is 10.9. The first-order valence-corrected chi connectivity index (χ1v) is 5.22. The first-order valence-electron chi connectivity index (χ1n) is 5.22. The highest BCUT2D eigenvalue weighted by Crippen LogP contribution is 2.43. The Morgan fingerprint density at radius 1 is 1.42 bits per heavy atom. The number of nitrogens with zero attached hydrogens (tertiary/aromatic N) is 1. The molecule has 1 rings (SSSR count). The number of nitro benzene ring substituents is 1. The molecule has 0 amide bonds. The molecule has 0 heterocycles. The number of carbonyl (C=O) groups excluding carboxylic acids is 1. The first-order chi connectivity index (χ1) is 8.70. The van der Waals surface area contributed by atoms with Crippen LogP contribution in [0.25, 0.3) is 0 Å². The van der Waals surface area contributed by atoms with Gasteiger partial charge in [-0.25, -0.2) is 0 Å². The molecule has 104 valence electrons. The number of ketones is 1. The minimum Gasteiger partial charge on any atom is -0.487 e. The van der Waals surface area contributed by atoms with Gasteiger partial charge in [-0.05, 0) is 26.0 Å². The van der Waals surface area contributed by atoms with Crippen LogP contribution in [-0.4, -0.2) is 17.3 Å². The summed E-state index contributed by atoms with van der Waals surface area (Å²) in [5.74, 6) is -1.41. The zero-order chi connectivity index (χ0) is 14.8. The lowest BCUT2D eigenvalue weighted by atomic mass is 10.0. The van der Waals surface area contributed by atoms with Crippen LogP contribution in [0.5, 0.6) is 5.75 Å². The number of alkyl halides is 3. The zero-order valence-corrected chi connectivity index (χ0v) is 10.1. The first kappa shape index (κ1) is 14.9. The Kier molecular flexibility index (Phi) is 4.13. The average Bonchev–Trinajstić information content (AvgIpc) is 2.26. The SMILES string of the molecule is CCOc1ccc(C(C)=O)c(C(F)(F)F)c1[N+](=O)[O-]. The number of nitro groups is 1. The predicted molar refractivity (Wildman–Crippen MR) is 59.3 cm³/mol. The van der Waals surface area contributed by atoms with Gasteiger partial charge in [0.2, 0.25) is 0 Å². The molecule has 5 nitrogen and oxygen atoms in total. The fourth-order valence-corrected chi connectivity index (χ4v) is 1.61. The molecule has 8 heteroatoms. The van der Waals surface area contributed by atoms with Crippen molar-refractivity contribution >= 4 is 11.5 Å². The molecule has 0 aliphatic carbocycles. The van der Waals surface area contributed by atoms with Crippen LogP contribution in [0, 0.1) is 10.1 Å². The average molecular weight is 277 g/mol. The Morgan fingerprint density at radius 3 is 2.37 bits per heavy atom. The van der Waals surface area contributed by atoms with Gasteiger partial charge in [-0.1, -0.05) is 0 Å². The molecule has 0 aliphatic rings. The molecule has 0 radical (unpaired) electrons. The number of ether oxygens (including phenoxy) is 1. The number of hydrogen-bond acceptors (Lipinski definition) is 4. The third-order valence-electron chi connectivity index (χ3n) is 2.29. The minimum absolute atomic E-state index is 0.0302. The van der Waals surface area contributed by atoms with Gasteiger partial charge in [0.25, 0.3) is 0 Å². The molecule has 0 aliphatic heterocycles. The van der Waals surface area contributed by atoms with Crippen LogP contribution in [-0.2, 0) is 6.18 Å². The van der Waals surface area contributed by atoms with Crippen LogP contribution >= 0.6 is 0 Å². The molecular weight excluding hydrogens is 267 g/mol. The van der Waals surface area contributed by atoms with Crippen LogP contribution in [0.2, 0.25) is 0 Å². The highest BCUT2D eigenvalue weighted by molar-refractivity contribution is 5.97. The van der Waals surface area contributed by atoms with Crippen LogP contribution in [0.3, 0.4) is 0 Å². The summed E-state index contributed by atoms with van der Waals surface area (Å²) in [6.07, 6.45) is -5.02. The molecule has 0 spiro atoms. The Hall–Kier alpha value is -2.12. The lowest BCUT2D eigenvalue weighted by Gasteiger charge is -2.14.